The lowest BCUT2D eigenvalue weighted by Gasteiger charge is -2.03. The molecule has 0 aliphatic rings. The molecule has 8 heteroatoms. The van der Waals surface area contributed by atoms with Crippen LogP contribution in [0.15, 0.2) is 25.7 Å². The predicted molar refractivity (Wildman–Crippen MR) is 66.6 cm³/mol. The summed E-state index contributed by atoms with van der Waals surface area (Å²) in [5.41, 5.74) is 5.79. The molecule has 90 valence electrons. The van der Waals surface area contributed by atoms with Gasteiger partial charge in [0.1, 0.15) is 0 Å². The number of halogens is 2. The highest BCUT2D eigenvalue weighted by Gasteiger charge is 2.11. The first-order valence-electron chi connectivity index (χ1n) is 4.40. The summed E-state index contributed by atoms with van der Waals surface area (Å²) in [6.07, 6.45) is 1.89. The van der Waals surface area contributed by atoms with Crippen molar-refractivity contribution in [2.45, 2.75) is 13.6 Å². The lowest BCUT2D eigenvalue weighted by Crippen LogP contribution is -1.93. The summed E-state index contributed by atoms with van der Waals surface area (Å²) in [6.45, 7) is 0. The van der Waals surface area contributed by atoms with E-state index in [1.54, 1.807) is 0 Å². The van der Waals surface area contributed by atoms with Crippen LogP contribution in [0.3, 0.4) is 0 Å². The molecule has 0 atom stereocenters. The van der Waals surface area contributed by atoms with Crippen LogP contribution in [0.2, 0.25) is 0 Å². The fraction of sp³-hybridized carbons (Fsp3) is 0.111. The van der Waals surface area contributed by atoms with Gasteiger partial charge in [0.25, 0.3) is 0 Å². The molecule has 1 aromatic heterocycles. The van der Waals surface area contributed by atoms with Crippen LogP contribution >= 0.6 is 34.9 Å². The second kappa shape index (κ2) is 5.19. The third kappa shape index (κ3) is 2.88. The molecule has 0 saturated heterocycles. The van der Waals surface area contributed by atoms with Crippen molar-refractivity contribution in [2.24, 2.45) is 0 Å². The van der Waals surface area contributed by atoms with Gasteiger partial charge in [0.15, 0.2) is 20.3 Å². The Kier molecular flexibility index (Phi) is 3.85. The number of benzene rings is 1. The number of nitrogens with zero attached hydrogens (tertiary/aromatic N) is 2. The van der Waals surface area contributed by atoms with E-state index in [-0.39, 0.29) is 5.69 Å². The number of nitrogen functional groups attached to an aromatic ring is 1. The van der Waals surface area contributed by atoms with Crippen LogP contribution in [0.1, 0.15) is 0 Å². The molecule has 0 spiro atoms. The van der Waals surface area contributed by atoms with Crippen molar-refractivity contribution in [2.75, 3.05) is 12.0 Å². The molecule has 17 heavy (non-hydrogen) atoms. The molecule has 0 unspecified atom stereocenters. The minimum Gasteiger partial charge on any atom is -0.398 e. The number of anilines is 1. The summed E-state index contributed by atoms with van der Waals surface area (Å²) in [7, 11) is 0. The van der Waals surface area contributed by atoms with Gasteiger partial charge in [-0.1, -0.05) is 34.9 Å². The van der Waals surface area contributed by atoms with E-state index in [9.17, 15) is 8.78 Å². The highest BCUT2D eigenvalue weighted by atomic mass is 32.2. The molecular weight excluding hydrogens is 284 g/mol. The van der Waals surface area contributed by atoms with Gasteiger partial charge >= 0.3 is 0 Å². The monoisotopic (exact) mass is 291 g/mol. The first-order chi connectivity index (χ1) is 8.10. The van der Waals surface area contributed by atoms with Gasteiger partial charge in [-0.25, -0.2) is 8.78 Å². The number of thioether (sulfide) groups is 1. The van der Waals surface area contributed by atoms with Gasteiger partial charge in [-0.05, 0) is 12.3 Å². The Morgan fingerprint density at radius 1 is 1.18 bits per heavy atom. The number of hydrogen-bond acceptors (Lipinski definition) is 6. The highest BCUT2D eigenvalue weighted by molar-refractivity contribution is 8.03. The lowest BCUT2D eigenvalue weighted by atomic mass is 10.3. The summed E-state index contributed by atoms with van der Waals surface area (Å²) >= 11 is 4.03. The molecule has 2 rings (SSSR count). The van der Waals surface area contributed by atoms with E-state index >= 15 is 0 Å². The van der Waals surface area contributed by atoms with Crippen LogP contribution in [-0.4, -0.2) is 16.5 Å². The zero-order valence-electron chi connectivity index (χ0n) is 8.61. The minimum absolute atomic E-state index is 0.190. The van der Waals surface area contributed by atoms with Crippen molar-refractivity contribution in [3.8, 4) is 0 Å². The Morgan fingerprint density at radius 2 is 1.82 bits per heavy atom. The van der Waals surface area contributed by atoms with Gasteiger partial charge in [-0.15, -0.1) is 10.2 Å². The minimum atomic E-state index is -0.950. The summed E-state index contributed by atoms with van der Waals surface area (Å²) < 4.78 is 27.4. The van der Waals surface area contributed by atoms with Gasteiger partial charge in [0.05, 0.1) is 0 Å². The van der Waals surface area contributed by atoms with Gasteiger partial charge in [-0.2, -0.15) is 0 Å². The van der Waals surface area contributed by atoms with Crippen LogP contribution in [0.25, 0.3) is 0 Å². The Labute approximate surface area is 109 Å². The van der Waals surface area contributed by atoms with Crippen LogP contribution in [0.4, 0.5) is 14.5 Å². The number of rotatable bonds is 3. The van der Waals surface area contributed by atoms with Crippen molar-refractivity contribution >= 4 is 40.5 Å². The molecule has 3 nitrogen and oxygen atoms in total. The smallest absolute Gasteiger partial charge is 0.179 e. The second-order valence-corrected chi connectivity index (χ2v) is 6.26. The SMILES string of the molecule is CSc1nnc(Sc2cc(F)c(F)cc2N)s1. The van der Waals surface area contributed by atoms with Crippen LogP contribution in [-0.2, 0) is 0 Å². The normalized spacial score (nSPS) is 10.8. The number of aromatic nitrogens is 2. The average Bonchev–Trinajstić information content (AvgIpc) is 2.73. The molecule has 0 radical (unpaired) electrons. The molecule has 0 fully saturated rings. The quantitative estimate of drug-likeness (QED) is 0.695. The Morgan fingerprint density at radius 3 is 2.47 bits per heavy atom. The molecule has 2 aromatic rings. The first-order valence-corrected chi connectivity index (χ1v) is 7.26. The lowest BCUT2D eigenvalue weighted by molar-refractivity contribution is 0.506. The van der Waals surface area contributed by atoms with E-state index in [1.807, 2.05) is 6.26 Å². The fourth-order valence-electron chi connectivity index (χ4n) is 1.05. The molecule has 0 amide bonds. The second-order valence-electron chi connectivity index (χ2n) is 2.94. The molecule has 0 bridgehead atoms. The maximum atomic E-state index is 13.1. The van der Waals surface area contributed by atoms with Crippen LogP contribution in [0, 0.1) is 11.6 Å². The number of hydrogen-bond donors (Lipinski definition) is 1. The van der Waals surface area contributed by atoms with Crippen molar-refractivity contribution in [3.05, 3.63) is 23.8 Å². The van der Waals surface area contributed by atoms with Crippen molar-refractivity contribution in [3.63, 3.8) is 0 Å². The maximum Gasteiger partial charge on any atom is 0.179 e. The van der Waals surface area contributed by atoms with Crippen molar-refractivity contribution < 1.29 is 8.78 Å². The van der Waals surface area contributed by atoms with E-state index in [1.165, 1.54) is 34.9 Å². The van der Waals surface area contributed by atoms with Gasteiger partial charge in [0.2, 0.25) is 0 Å². The molecular formula is C9H7F2N3S3. The number of nitrogens with two attached hydrogens (primary N) is 1. The first kappa shape index (κ1) is 12.6. The standard InChI is InChI=1S/C9H7F2N3S3/c1-15-8-13-14-9(17-8)16-7-3-5(11)4(10)2-6(7)12/h2-3H,12H2,1H3. The Bertz CT molecular complexity index is 544. The zero-order valence-corrected chi connectivity index (χ0v) is 11.1. The van der Waals surface area contributed by atoms with Crippen LogP contribution < -0.4 is 5.73 Å². The van der Waals surface area contributed by atoms with E-state index in [0.717, 1.165) is 16.5 Å². The molecule has 1 aromatic carbocycles. The topological polar surface area (TPSA) is 51.8 Å². The molecule has 0 aliphatic carbocycles. The summed E-state index contributed by atoms with van der Waals surface area (Å²) in [4.78, 5) is 0.438. The van der Waals surface area contributed by atoms with Gasteiger partial charge in [-0.3, -0.25) is 0 Å². The predicted octanol–water partition coefficient (Wildman–Crippen LogP) is 3.27. The fourth-order valence-corrected chi connectivity index (χ4v) is 3.49. The molecule has 1 heterocycles. The highest BCUT2D eigenvalue weighted by Crippen LogP contribution is 2.36. The average molecular weight is 291 g/mol. The largest absolute Gasteiger partial charge is 0.398 e. The van der Waals surface area contributed by atoms with Gasteiger partial charge in [0, 0.05) is 16.6 Å². The maximum absolute atomic E-state index is 13.1. The molecule has 0 saturated carbocycles. The van der Waals surface area contributed by atoms with E-state index in [4.69, 9.17) is 5.73 Å². The molecule has 2 N–H and O–H groups in total. The zero-order chi connectivity index (χ0) is 12.4. The summed E-state index contributed by atoms with van der Waals surface area (Å²) in [5, 5.41) is 7.82. The third-order valence-corrected chi connectivity index (χ3v) is 4.84. The van der Waals surface area contributed by atoms with E-state index < -0.39 is 11.6 Å². The Balaban J connectivity index is 2.26. The summed E-state index contributed by atoms with van der Waals surface area (Å²) in [5.74, 6) is -1.87. The summed E-state index contributed by atoms with van der Waals surface area (Å²) in [6, 6.07) is 2.03. The van der Waals surface area contributed by atoms with Crippen LogP contribution in [0.5, 0.6) is 0 Å². The van der Waals surface area contributed by atoms with E-state index in [0.29, 0.717) is 9.24 Å². The Hall–Kier alpha value is -0.860. The van der Waals surface area contributed by atoms with Crippen molar-refractivity contribution in [1.29, 1.82) is 0 Å². The third-order valence-electron chi connectivity index (χ3n) is 1.81. The van der Waals surface area contributed by atoms with Gasteiger partial charge < -0.3 is 5.73 Å². The van der Waals surface area contributed by atoms with Crippen molar-refractivity contribution in [1.82, 2.24) is 10.2 Å². The molecule has 0 aliphatic heterocycles. The van der Waals surface area contributed by atoms with E-state index in [2.05, 4.69) is 10.2 Å².